The summed E-state index contributed by atoms with van der Waals surface area (Å²) in [5.41, 5.74) is 4.11. The molecule has 2 amide bonds. The molecular formula is C25H33N5O2. The van der Waals surface area contributed by atoms with E-state index in [1.807, 2.05) is 41.3 Å². The third kappa shape index (κ3) is 6.33. The second-order valence-electron chi connectivity index (χ2n) is 8.19. The Morgan fingerprint density at radius 1 is 1.09 bits per heavy atom. The first-order valence-electron chi connectivity index (χ1n) is 11.1. The van der Waals surface area contributed by atoms with Gasteiger partial charge in [0.05, 0.1) is 0 Å². The van der Waals surface area contributed by atoms with E-state index in [4.69, 9.17) is 0 Å². The van der Waals surface area contributed by atoms with Crippen molar-refractivity contribution in [3.05, 3.63) is 70.8 Å². The number of aliphatic imine (C=N–C) groups is 1. The molecule has 32 heavy (non-hydrogen) atoms. The maximum atomic E-state index is 12.2. The van der Waals surface area contributed by atoms with Gasteiger partial charge in [-0.05, 0) is 41.7 Å². The highest BCUT2D eigenvalue weighted by atomic mass is 16.2. The molecule has 0 saturated carbocycles. The number of carbonyl (C=O) groups excluding carboxylic acids is 2. The van der Waals surface area contributed by atoms with E-state index < -0.39 is 0 Å². The molecule has 1 saturated heterocycles. The molecule has 3 rings (SSSR count). The van der Waals surface area contributed by atoms with Crippen LogP contribution in [0.1, 0.15) is 39.9 Å². The number of nitrogens with one attached hydrogen (secondary N) is 2. The van der Waals surface area contributed by atoms with E-state index in [1.165, 1.54) is 0 Å². The van der Waals surface area contributed by atoms with Crippen molar-refractivity contribution < 1.29 is 9.59 Å². The number of rotatable bonds is 8. The van der Waals surface area contributed by atoms with Crippen LogP contribution in [0.5, 0.6) is 0 Å². The van der Waals surface area contributed by atoms with Crippen molar-refractivity contribution in [3.8, 4) is 0 Å². The summed E-state index contributed by atoms with van der Waals surface area (Å²) >= 11 is 0. The molecule has 0 bridgehead atoms. The Hall–Kier alpha value is -3.35. The lowest BCUT2D eigenvalue weighted by atomic mass is 10.1. The zero-order valence-corrected chi connectivity index (χ0v) is 19.2. The van der Waals surface area contributed by atoms with Gasteiger partial charge in [0, 0.05) is 59.3 Å². The van der Waals surface area contributed by atoms with E-state index in [1.54, 1.807) is 26.0 Å². The fraction of sp³-hybridized carbons (Fsp3) is 0.400. The Labute approximate surface area is 190 Å². The van der Waals surface area contributed by atoms with Gasteiger partial charge in [-0.3, -0.25) is 14.6 Å². The highest BCUT2D eigenvalue weighted by Gasteiger charge is 2.20. The van der Waals surface area contributed by atoms with Crippen LogP contribution in [-0.2, 0) is 24.3 Å². The third-order valence-electron chi connectivity index (χ3n) is 5.61. The predicted octanol–water partition coefficient (Wildman–Crippen LogP) is 2.42. The van der Waals surface area contributed by atoms with E-state index in [-0.39, 0.29) is 11.8 Å². The summed E-state index contributed by atoms with van der Waals surface area (Å²) < 4.78 is 0. The van der Waals surface area contributed by atoms with Gasteiger partial charge < -0.3 is 20.4 Å². The van der Waals surface area contributed by atoms with Gasteiger partial charge in [-0.15, -0.1) is 0 Å². The van der Waals surface area contributed by atoms with Crippen LogP contribution in [0, 0.1) is 0 Å². The summed E-state index contributed by atoms with van der Waals surface area (Å²) in [5, 5.41) is 6.71. The number of carbonyl (C=O) groups is 2. The molecule has 1 aliphatic rings. The minimum absolute atomic E-state index is 0.00609. The molecule has 0 aromatic heterocycles. The fourth-order valence-corrected chi connectivity index (χ4v) is 3.80. The number of guanidine groups is 1. The third-order valence-corrected chi connectivity index (χ3v) is 5.61. The normalized spacial score (nSPS) is 13.9. The van der Waals surface area contributed by atoms with E-state index in [0.29, 0.717) is 31.6 Å². The second-order valence-corrected chi connectivity index (χ2v) is 8.19. The number of hydrogen-bond donors (Lipinski definition) is 2. The number of amides is 2. The summed E-state index contributed by atoms with van der Waals surface area (Å²) in [5.74, 6) is 0.964. The summed E-state index contributed by atoms with van der Waals surface area (Å²) in [6.07, 6.45) is 2.38. The molecule has 0 aliphatic carbocycles. The topological polar surface area (TPSA) is 77.0 Å². The zero-order valence-electron chi connectivity index (χ0n) is 19.2. The van der Waals surface area contributed by atoms with Crippen molar-refractivity contribution in [2.45, 2.75) is 32.4 Å². The number of nitrogens with zero attached hydrogens (tertiary/aromatic N) is 3. The SMILES string of the molecule is CN=C(NCCc1cccc(C(=O)N(C)C)c1)NCc1ccccc1CN1CCCC1=O. The summed E-state index contributed by atoms with van der Waals surface area (Å²) in [6.45, 7) is 2.82. The van der Waals surface area contributed by atoms with Crippen molar-refractivity contribution in [2.75, 3.05) is 34.2 Å². The molecule has 2 N–H and O–H groups in total. The highest BCUT2D eigenvalue weighted by Crippen LogP contribution is 2.17. The lowest BCUT2D eigenvalue weighted by Gasteiger charge is -2.19. The minimum atomic E-state index is 0.00609. The van der Waals surface area contributed by atoms with Crippen LogP contribution in [0.15, 0.2) is 53.5 Å². The molecule has 170 valence electrons. The molecule has 0 spiro atoms. The monoisotopic (exact) mass is 435 g/mol. The molecule has 2 aromatic rings. The van der Waals surface area contributed by atoms with E-state index in [9.17, 15) is 9.59 Å². The van der Waals surface area contributed by atoms with Crippen LogP contribution < -0.4 is 10.6 Å². The van der Waals surface area contributed by atoms with Crippen LogP contribution in [0.3, 0.4) is 0 Å². The minimum Gasteiger partial charge on any atom is -0.356 e. The molecular weight excluding hydrogens is 402 g/mol. The van der Waals surface area contributed by atoms with E-state index >= 15 is 0 Å². The molecule has 1 aliphatic heterocycles. The van der Waals surface area contributed by atoms with Crippen LogP contribution >= 0.6 is 0 Å². The molecule has 1 fully saturated rings. The number of hydrogen-bond acceptors (Lipinski definition) is 3. The maximum Gasteiger partial charge on any atom is 0.253 e. The van der Waals surface area contributed by atoms with Crippen LogP contribution in [0.4, 0.5) is 0 Å². The molecule has 0 atom stereocenters. The largest absolute Gasteiger partial charge is 0.356 e. The summed E-state index contributed by atoms with van der Waals surface area (Å²) in [6, 6.07) is 15.9. The summed E-state index contributed by atoms with van der Waals surface area (Å²) in [4.78, 5) is 32.0. The second kappa shape index (κ2) is 11.3. The number of likely N-dealkylation sites (tertiary alicyclic amines) is 1. The fourth-order valence-electron chi connectivity index (χ4n) is 3.80. The van der Waals surface area contributed by atoms with Crippen molar-refractivity contribution in [1.82, 2.24) is 20.4 Å². The van der Waals surface area contributed by atoms with Crippen LogP contribution in [0.25, 0.3) is 0 Å². The highest BCUT2D eigenvalue weighted by molar-refractivity contribution is 5.94. The standard InChI is InChI=1S/C25H33N5O2/c1-26-25(27-14-13-19-8-6-11-20(16-19)24(32)29(2)3)28-17-21-9-4-5-10-22(21)18-30-15-7-12-23(30)31/h4-6,8-11,16H,7,12-15,17-18H2,1-3H3,(H2,26,27,28). The Balaban J connectivity index is 1.51. The summed E-state index contributed by atoms with van der Waals surface area (Å²) in [7, 11) is 5.27. The smallest absolute Gasteiger partial charge is 0.253 e. The molecule has 7 heteroatoms. The van der Waals surface area contributed by atoms with Crippen molar-refractivity contribution >= 4 is 17.8 Å². The molecule has 0 radical (unpaired) electrons. The van der Waals surface area contributed by atoms with Gasteiger partial charge in [-0.1, -0.05) is 36.4 Å². The lowest BCUT2D eigenvalue weighted by molar-refractivity contribution is -0.128. The maximum absolute atomic E-state index is 12.2. The van der Waals surface area contributed by atoms with Gasteiger partial charge in [0.1, 0.15) is 0 Å². The van der Waals surface area contributed by atoms with Crippen molar-refractivity contribution in [2.24, 2.45) is 4.99 Å². The average molecular weight is 436 g/mol. The lowest BCUT2D eigenvalue weighted by Crippen LogP contribution is -2.38. The van der Waals surface area contributed by atoms with E-state index in [0.717, 1.165) is 42.0 Å². The molecule has 7 nitrogen and oxygen atoms in total. The van der Waals surface area contributed by atoms with Gasteiger partial charge >= 0.3 is 0 Å². The molecule has 0 unspecified atom stereocenters. The van der Waals surface area contributed by atoms with Crippen molar-refractivity contribution in [3.63, 3.8) is 0 Å². The zero-order chi connectivity index (χ0) is 22.9. The molecule has 1 heterocycles. The first-order valence-corrected chi connectivity index (χ1v) is 11.1. The van der Waals surface area contributed by atoms with Gasteiger partial charge in [0.2, 0.25) is 5.91 Å². The van der Waals surface area contributed by atoms with Crippen LogP contribution in [0.2, 0.25) is 0 Å². The van der Waals surface area contributed by atoms with Gasteiger partial charge in [-0.25, -0.2) is 0 Å². The predicted molar refractivity (Wildman–Crippen MR) is 127 cm³/mol. The Bertz CT molecular complexity index is 970. The van der Waals surface area contributed by atoms with Gasteiger partial charge in [0.25, 0.3) is 5.91 Å². The Kier molecular flexibility index (Phi) is 8.25. The Morgan fingerprint density at radius 3 is 2.56 bits per heavy atom. The Morgan fingerprint density at radius 2 is 1.88 bits per heavy atom. The van der Waals surface area contributed by atoms with E-state index in [2.05, 4.69) is 27.8 Å². The quantitative estimate of drug-likeness (QED) is 0.493. The molecule has 2 aromatic carbocycles. The van der Waals surface area contributed by atoms with Crippen molar-refractivity contribution in [1.29, 1.82) is 0 Å². The average Bonchev–Trinajstić information content (AvgIpc) is 3.20. The van der Waals surface area contributed by atoms with Gasteiger partial charge in [0.15, 0.2) is 5.96 Å². The first kappa shape index (κ1) is 23.3. The van der Waals surface area contributed by atoms with Gasteiger partial charge in [-0.2, -0.15) is 0 Å². The first-order chi connectivity index (χ1) is 15.5. The van der Waals surface area contributed by atoms with Crippen LogP contribution in [-0.4, -0.2) is 61.8 Å². The number of benzene rings is 2.